The predicted molar refractivity (Wildman–Crippen MR) is 78.2 cm³/mol. The molecular weight excluding hydrogens is 255 g/mol. The molecule has 0 spiro atoms. The molecule has 0 unspecified atom stereocenters. The second kappa shape index (κ2) is 5.74. The van der Waals surface area contributed by atoms with Crippen molar-refractivity contribution in [2.24, 2.45) is 5.73 Å². The molecule has 0 aliphatic heterocycles. The minimum absolute atomic E-state index is 0.198. The summed E-state index contributed by atoms with van der Waals surface area (Å²) >= 11 is 0. The molecule has 3 nitrogen and oxygen atoms in total. The SMILES string of the molecule is Cc1cc(CNc2ccc(C(N)=O)cc2C)ccc1F. The highest BCUT2D eigenvalue weighted by Gasteiger charge is 2.04. The van der Waals surface area contributed by atoms with Crippen LogP contribution in [0.3, 0.4) is 0 Å². The number of nitrogens with one attached hydrogen (secondary N) is 1. The first-order valence-corrected chi connectivity index (χ1v) is 6.36. The Labute approximate surface area is 117 Å². The number of carbonyl (C=O) groups is 1. The maximum Gasteiger partial charge on any atom is 0.248 e. The van der Waals surface area contributed by atoms with Gasteiger partial charge in [-0.25, -0.2) is 4.39 Å². The van der Waals surface area contributed by atoms with E-state index in [1.165, 1.54) is 6.07 Å². The van der Waals surface area contributed by atoms with Crippen molar-refractivity contribution in [2.75, 3.05) is 5.32 Å². The molecule has 2 rings (SSSR count). The second-order valence-corrected chi connectivity index (χ2v) is 4.83. The summed E-state index contributed by atoms with van der Waals surface area (Å²) in [5.41, 5.74) is 9.23. The molecule has 0 saturated carbocycles. The van der Waals surface area contributed by atoms with Gasteiger partial charge in [0.25, 0.3) is 0 Å². The Morgan fingerprint density at radius 3 is 2.50 bits per heavy atom. The molecule has 4 heteroatoms. The van der Waals surface area contributed by atoms with Gasteiger partial charge in [-0.2, -0.15) is 0 Å². The van der Waals surface area contributed by atoms with Gasteiger partial charge in [0.15, 0.2) is 0 Å². The minimum Gasteiger partial charge on any atom is -0.381 e. The summed E-state index contributed by atoms with van der Waals surface area (Å²) in [4.78, 5) is 11.1. The van der Waals surface area contributed by atoms with E-state index in [-0.39, 0.29) is 5.82 Å². The first-order valence-electron chi connectivity index (χ1n) is 6.36. The molecule has 1 amide bonds. The fraction of sp³-hybridized carbons (Fsp3) is 0.188. The Hall–Kier alpha value is -2.36. The van der Waals surface area contributed by atoms with Crippen LogP contribution in [0.15, 0.2) is 36.4 Å². The van der Waals surface area contributed by atoms with E-state index in [9.17, 15) is 9.18 Å². The number of carbonyl (C=O) groups excluding carboxylic acids is 1. The van der Waals surface area contributed by atoms with E-state index >= 15 is 0 Å². The Morgan fingerprint density at radius 1 is 1.15 bits per heavy atom. The molecule has 0 saturated heterocycles. The van der Waals surface area contributed by atoms with Crippen LogP contribution < -0.4 is 11.1 Å². The van der Waals surface area contributed by atoms with E-state index in [0.29, 0.717) is 17.7 Å². The van der Waals surface area contributed by atoms with Crippen LogP contribution in [-0.4, -0.2) is 5.91 Å². The predicted octanol–water partition coefficient (Wildman–Crippen LogP) is 3.15. The fourth-order valence-electron chi connectivity index (χ4n) is 2.03. The summed E-state index contributed by atoms with van der Waals surface area (Å²) in [5, 5.41) is 3.27. The van der Waals surface area contributed by atoms with Crippen LogP contribution in [0.1, 0.15) is 27.0 Å². The van der Waals surface area contributed by atoms with Gasteiger partial charge in [-0.1, -0.05) is 12.1 Å². The zero-order valence-corrected chi connectivity index (χ0v) is 11.5. The molecule has 0 aliphatic rings. The van der Waals surface area contributed by atoms with Gasteiger partial charge in [0.05, 0.1) is 0 Å². The van der Waals surface area contributed by atoms with E-state index in [2.05, 4.69) is 5.32 Å². The number of primary amides is 1. The van der Waals surface area contributed by atoms with Crippen LogP contribution >= 0.6 is 0 Å². The molecule has 104 valence electrons. The summed E-state index contributed by atoms with van der Waals surface area (Å²) in [5.74, 6) is -0.635. The molecule has 2 aromatic rings. The van der Waals surface area contributed by atoms with Gasteiger partial charge in [0.1, 0.15) is 5.82 Å². The molecule has 3 N–H and O–H groups in total. The Morgan fingerprint density at radius 2 is 1.90 bits per heavy atom. The monoisotopic (exact) mass is 272 g/mol. The third kappa shape index (κ3) is 3.15. The van der Waals surface area contributed by atoms with Gasteiger partial charge in [-0.15, -0.1) is 0 Å². The number of benzene rings is 2. The molecule has 0 atom stereocenters. The van der Waals surface area contributed by atoms with E-state index in [1.807, 2.05) is 19.1 Å². The minimum atomic E-state index is -0.436. The quantitative estimate of drug-likeness (QED) is 0.898. The lowest BCUT2D eigenvalue weighted by Crippen LogP contribution is -2.11. The summed E-state index contributed by atoms with van der Waals surface area (Å²) < 4.78 is 13.2. The Kier molecular flexibility index (Phi) is 4.03. The van der Waals surface area contributed by atoms with Crippen molar-refractivity contribution < 1.29 is 9.18 Å². The van der Waals surface area contributed by atoms with Crippen molar-refractivity contribution >= 4 is 11.6 Å². The molecule has 0 fully saturated rings. The van der Waals surface area contributed by atoms with E-state index in [4.69, 9.17) is 5.73 Å². The number of halogens is 1. The smallest absolute Gasteiger partial charge is 0.248 e. The zero-order chi connectivity index (χ0) is 14.7. The lowest BCUT2D eigenvalue weighted by atomic mass is 10.1. The summed E-state index contributed by atoms with van der Waals surface area (Å²) in [6.45, 7) is 4.24. The number of aryl methyl sites for hydroxylation is 2. The highest BCUT2D eigenvalue weighted by molar-refractivity contribution is 5.93. The van der Waals surface area contributed by atoms with Crippen molar-refractivity contribution in [3.05, 3.63) is 64.5 Å². The summed E-state index contributed by atoms with van der Waals surface area (Å²) in [7, 11) is 0. The van der Waals surface area contributed by atoms with E-state index in [0.717, 1.165) is 16.8 Å². The van der Waals surface area contributed by atoms with Crippen LogP contribution in [0, 0.1) is 19.7 Å². The van der Waals surface area contributed by atoms with Gasteiger partial charge >= 0.3 is 0 Å². The second-order valence-electron chi connectivity index (χ2n) is 4.83. The molecule has 2 aromatic carbocycles. The number of hydrogen-bond donors (Lipinski definition) is 2. The van der Waals surface area contributed by atoms with Crippen molar-refractivity contribution in [2.45, 2.75) is 20.4 Å². The lowest BCUT2D eigenvalue weighted by Gasteiger charge is -2.11. The molecule has 0 aromatic heterocycles. The van der Waals surface area contributed by atoms with E-state index in [1.54, 1.807) is 25.1 Å². The maximum atomic E-state index is 13.2. The average Bonchev–Trinajstić information content (AvgIpc) is 2.41. The Balaban J connectivity index is 2.10. The van der Waals surface area contributed by atoms with Crippen LogP contribution in [0.2, 0.25) is 0 Å². The molecule has 0 radical (unpaired) electrons. The van der Waals surface area contributed by atoms with Gasteiger partial charge in [0.2, 0.25) is 5.91 Å². The Bertz CT molecular complexity index is 653. The van der Waals surface area contributed by atoms with Crippen molar-refractivity contribution in [1.82, 2.24) is 0 Å². The summed E-state index contributed by atoms with van der Waals surface area (Å²) in [6, 6.07) is 10.3. The topological polar surface area (TPSA) is 55.1 Å². The van der Waals surface area contributed by atoms with E-state index < -0.39 is 5.91 Å². The highest BCUT2D eigenvalue weighted by atomic mass is 19.1. The van der Waals surface area contributed by atoms with Crippen LogP contribution in [0.25, 0.3) is 0 Å². The molecule has 0 heterocycles. The molecule has 20 heavy (non-hydrogen) atoms. The lowest BCUT2D eigenvalue weighted by molar-refractivity contribution is 0.1000. The molecule has 0 aliphatic carbocycles. The third-order valence-corrected chi connectivity index (χ3v) is 3.22. The maximum absolute atomic E-state index is 13.2. The van der Waals surface area contributed by atoms with Crippen LogP contribution in [-0.2, 0) is 6.54 Å². The standard InChI is InChI=1S/C16H17FN2O/c1-10-7-12(3-5-14(10)17)9-19-15-6-4-13(16(18)20)8-11(15)2/h3-8,19H,9H2,1-2H3,(H2,18,20). The highest BCUT2D eigenvalue weighted by Crippen LogP contribution is 2.18. The normalized spacial score (nSPS) is 10.3. The number of rotatable bonds is 4. The summed E-state index contributed by atoms with van der Waals surface area (Å²) in [6.07, 6.45) is 0. The average molecular weight is 272 g/mol. The first kappa shape index (κ1) is 14.1. The number of hydrogen-bond acceptors (Lipinski definition) is 2. The number of nitrogens with two attached hydrogens (primary N) is 1. The van der Waals surface area contributed by atoms with Crippen molar-refractivity contribution in [3.63, 3.8) is 0 Å². The number of amides is 1. The van der Waals surface area contributed by atoms with Gasteiger partial charge < -0.3 is 11.1 Å². The fourth-order valence-corrected chi connectivity index (χ4v) is 2.03. The molecule has 0 bridgehead atoms. The van der Waals surface area contributed by atoms with Gasteiger partial charge in [-0.3, -0.25) is 4.79 Å². The molecular formula is C16H17FN2O. The van der Waals surface area contributed by atoms with Crippen molar-refractivity contribution in [1.29, 1.82) is 0 Å². The van der Waals surface area contributed by atoms with Gasteiger partial charge in [0, 0.05) is 17.8 Å². The van der Waals surface area contributed by atoms with Crippen molar-refractivity contribution in [3.8, 4) is 0 Å². The van der Waals surface area contributed by atoms with Gasteiger partial charge in [-0.05, 0) is 54.8 Å². The van der Waals surface area contributed by atoms with Crippen LogP contribution in [0.5, 0.6) is 0 Å². The number of anilines is 1. The largest absolute Gasteiger partial charge is 0.381 e. The van der Waals surface area contributed by atoms with Crippen LogP contribution in [0.4, 0.5) is 10.1 Å². The first-order chi connectivity index (χ1) is 9.47. The zero-order valence-electron chi connectivity index (χ0n) is 11.5. The third-order valence-electron chi connectivity index (χ3n) is 3.22.